The highest BCUT2D eigenvalue weighted by molar-refractivity contribution is 6.04. The quantitative estimate of drug-likeness (QED) is 0.852. The van der Waals surface area contributed by atoms with Crippen LogP contribution in [0.15, 0.2) is 24.3 Å². The minimum atomic E-state index is -0.205. The van der Waals surface area contributed by atoms with E-state index in [1.54, 1.807) is 31.3 Å². The van der Waals surface area contributed by atoms with Crippen LogP contribution in [0.4, 0.5) is 5.69 Å². The summed E-state index contributed by atoms with van der Waals surface area (Å²) in [4.78, 5) is 23.8. The van der Waals surface area contributed by atoms with E-state index in [0.29, 0.717) is 17.2 Å². The van der Waals surface area contributed by atoms with Crippen LogP contribution in [-0.2, 0) is 9.53 Å². The Hall–Kier alpha value is -1.88. The normalized spacial score (nSPS) is 27.5. The van der Waals surface area contributed by atoms with Crippen molar-refractivity contribution in [1.29, 1.82) is 0 Å². The molecule has 3 atom stereocenters. The molecule has 2 N–H and O–H groups in total. The number of fused-ring (bicyclic) bond motifs is 1. The van der Waals surface area contributed by atoms with Crippen LogP contribution in [0.1, 0.15) is 16.8 Å². The highest BCUT2D eigenvalue weighted by Crippen LogP contribution is 2.49. The van der Waals surface area contributed by atoms with Gasteiger partial charge >= 0.3 is 0 Å². The van der Waals surface area contributed by atoms with Crippen LogP contribution in [0.25, 0.3) is 0 Å². The fraction of sp³-hybridized carbons (Fsp3) is 0.429. The molecule has 1 heterocycles. The van der Waals surface area contributed by atoms with Crippen LogP contribution in [-0.4, -0.2) is 31.6 Å². The number of benzene rings is 1. The van der Waals surface area contributed by atoms with Crippen molar-refractivity contribution in [2.45, 2.75) is 12.5 Å². The fourth-order valence-electron chi connectivity index (χ4n) is 2.74. The molecule has 5 heteroatoms. The number of para-hydroxylation sites is 1. The Morgan fingerprint density at radius 1 is 1.32 bits per heavy atom. The third kappa shape index (κ3) is 2.10. The molecule has 1 saturated carbocycles. The minimum Gasteiger partial charge on any atom is -0.377 e. The lowest BCUT2D eigenvalue weighted by molar-refractivity contribution is -0.118. The van der Waals surface area contributed by atoms with Gasteiger partial charge in [-0.2, -0.15) is 0 Å². The Morgan fingerprint density at radius 3 is 2.79 bits per heavy atom. The molecule has 0 aromatic heterocycles. The van der Waals surface area contributed by atoms with Crippen LogP contribution in [0, 0.1) is 11.8 Å². The Labute approximate surface area is 111 Å². The first-order valence-electron chi connectivity index (χ1n) is 6.46. The van der Waals surface area contributed by atoms with Crippen molar-refractivity contribution >= 4 is 17.5 Å². The zero-order valence-electron chi connectivity index (χ0n) is 10.7. The van der Waals surface area contributed by atoms with Crippen molar-refractivity contribution in [3.8, 4) is 0 Å². The number of hydrogen-bond acceptors (Lipinski definition) is 3. The average Bonchev–Trinajstić information content (AvgIpc) is 2.92. The lowest BCUT2D eigenvalue weighted by Crippen LogP contribution is -2.23. The number of carbonyl (C=O) groups is 2. The highest BCUT2D eigenvalue weighted by Gasteiger charge is 2.58. The average molecular weight is 260 g/mol. The van der Waals surface area contributed by atoms with Gasteiger partial charge in [0.25, 0.3) is 5.91 Å². The summed E-state index contributed by atoms with van der Waals surface area (Å²) in [7, 11) is 1.57. The molecule has 0 unspecified atom stereocenters. The molecule has 1 aromatic rings. The van der Waals surface area contributed by atoms with Gasteiger partial charge in [-0.05, 0) is 18.6 Å². The maximum absolute atomic E-state index is 12.1. The molecule has 1 aromatic carbocycles. The van der Waals surface area contributed by atoms with Crippen molar-refractivity contribution < 1.29 is 14.3 Å². The first-order chi connectivity index (χ1) is 9.22. The molecular weight excluding hydrogens is 244 g/mol. The molecule has 5 nitrogen and oxygen atoms in total. The van der Waals surface area contributed by atoms with E-state index < -0.39 is 0 Å². The molecule has 2 amide bonds. The van der Waals surface area contributed by atoms with Crippen molar-refractivity contribution in [1.82, 2.24) is 5.32 Å². The number of hydrogen-bond donors (Lipinski definition) is 2. The summed E-state index contributed by atoms with van der Waals surface area (Å²) < 4.78 is 5.46. The standard InChI is InChI=1S/C14H16N2O3/c1-15-13(17)8-4-2-3-5-10(8)16-14(18)11-9-6-7-19-12(9)11/h2-5,9,11-12H,6-7H2,1H3,(H,15,17)(H,16,18)/t9-,11-,12-/m1/s1. The van der Waals surface area contributed by atoms with Gasteiger partial charge in [0.05, 0.1) is 23.3 Å². The maximum Gasteiger partial charge on any atom is 0.253 e. The van der Waals surface area contributed by atoms with Gasteiger partial charge in [-0.1, -0.05) is 12.1 Å². The van der Waals surface area contributed by atoms with Gasteiger partial charge in [0.15, 0.2) is 0 Å². The zero-order valence-corrected chi connectivity index (χ0v) is 10.7. The molecule has 1 aliphatic carbocycles. The van der Waals surface area contributed by atoms with Gasteiger partial charge in [-0.15, -0.1) is 0 Å². The van der Waals surface area contributed by atoms with Crippen LogP contribution in [0.2, 0.25) is 0 Å². The summed E-state index contributed by atoms with van der Waals surface area (Å²) >= 11 is 0. The van der Waals surface area contributed by atoms with E-state index in [9.17, 15) is 9.59 Å². The Morgan fingerprint density at radius 2 is 2.11 bits per heavy atom. The lowest BCUT2D eigenvalue weighted by Gasteiger charge is -2.10. The molecule has 1 aliphatic heterocycles. The number of amides is 2. The van der Waals surface area contributed by atoms with Gasteiger partial charge in [0.2, 0.25) is 5.91 Å². The summed E-state index contributed by atoms with van der Waals surface area (Å²) in [5.41, 5.74) is 1.03. The van der Waals surface area contributed by atoms with Crippen molar-refractivity contribution in [3.05, 3.63) is 29.8 Å². The van der Waals surface area contributed by atoms with Crippen LogP contribution >= 0.6 is 0 Å². The van der Waals surface area contributed by atoms with Gasteiger partial charge in [0, 0.05) is 19.6 Å². The third-order valence-corrected chi connectivity index (χ3v) is 3.82. The molecule has 19 heavy (non-hydrogen) atoms. The first kappa shape index (κ1) is 12.2. The number of rotatable bonds is 3. The second-order valence-electron chi connectivity index (χ2n) is 4.93. The van der Waals surface area contributed by atoms with Crippen molar-refractivity contribution in [2.24, 2.45) is 11.8 Å². The summed E-state index contributed by atoms with van der Waals surface area (Å²) in [6.45, 7) is 0.758. The fourth-order valence-corrected chi connectivity index (χ4v) is 2.74. The summed E-state index contributed by atoms with van der Waals surface area (Å²) in [5.74, 6) is 0.0628. The van der Waals surface area contributed by atoms with Crippen molar-refractivity contribution in [2.75, 3.05) is 19.0 Å². The molecule has 2 fully saturated rings. The smallest absolute Gasteiger partial charge is 0.253 e. The SMILES string of the molecule is CNC(=O)c1ccccc1NC(=O)[C@@H]1[C@H]2CCO[C@H]21. The van der Waals surface area contributed by atoms with Crippen molar-refractivity contribution in [3.63, 3.8) is 0 Å². The van der Waals surface area contributed by atoms with E-state index in [-0.39, 0.29) is 23.8 Å². The van der Waals surface area contributed by atoms with Crippen LogP contribution < -0.4 is 10.6 Å². The van der Waals surface area contributed by atoms with Crippen LogP contribution in [0.5, 0.6) is 0 Å². The first-order valence-corrected chi connectivity index (χ1v) is 6.46. The minimum absolute atomic E-state index is 0.0495. The maximum atomic E-state index is 12.1. The molecule has 0 spiro atoms. The predicted molar refractivity (Wildman–Crippen MR) is 69.8 cm³/mol. The summed E-state index contributed by atoms with van der Waals surface area (Å²) in [6, 6.07) is 7.00. The number of ether oxygens (including phenoxy) is 1. The Balaban J connectivity index is 1.73. The van der Waals surface area contributed by atoms with E-state index >= 15 is 0 Å². The summed E-state index contributed by atoms with van der Waals surface area (Å²) in [5, 5.41) is 5.40. The number of nitrogens with one attached hydrogen (secondary N) is 2. The Bertz CT molecular complexity index is 519. The van der Waals surface area contributed by atoms with Crippen LogP contribution in [0.3, 0.4) is 0 Å². The van der Waals surface area contributed by atoms with Gasteiger partial charge in [-0.3, -0.25) is 9.59 Å². The lowest BCUT2D eigenvalue weighted by atomic mass is 10.1. The van der Waals surface area contributed by atoms with E-state index in [4.69, 9.17) is 4.74 Å². The monoisotopic (exact) mass is 260 g/mol. The molecule has 100 valence electrons. The van der Waals surface area contributed by atoms with Gasteiger partial charge in [0.1, 0.15) is 0 Å². The largest absolute Gasteiger partial charge is 0.377 e. The topological polar surface area (TPSA) is 67.4 Å². The molecule has 3 rings (SSSR count). The van der Waals surface area contributed by atoms with E-state index in [0.717, 1.165) is 13.0 Å². The van der Waals surface area contributed by atoms with E-state index in [2.05, 4.69) is 10.6 Å². The van der Waals surface area contributed by atoms with Gasteiger partial charge in [-0.25, -0.2) is 0 Å². The van der Waals surface area contributed by atoms with Gasteiger partial charge < -0.3 is 15.4 Å². The molecular formula is C14H16N2O3. The molecule has 1 saturated heterocycles. The summed E-state index contributed by atoms with van der Waals surface area (Å²) in [6.07, 6.45) is 1.05. The van der Waals surface area contributed by atoms with E-state index in [1.165, 1.54) is 0 Å². The zero-order chi connectivity index (χ0) is 13.4. The van der Waals surface area contributed by atoms with E-state index in [1.807, 2.05) is 0 Å². The second-order valence-corrected chi connectivity index (χ2v) is 4.93. The number of anilines is 1. The number of carbonyl (C=O) groups excluding carboxylic acids is 2. The second kappa shape index (κ2) is 4.66. The molecule has 0 radical (unpaired) electrons. The highest BCUT2D eigenvalue weighted by atomic mass is 16.5. The Kier molecular flexibility index (Phi) is 2.98. The predicted octanol–water partition coefficient (Wildman–Crippen LogP) is 1.02. The third-order valence-electron chi connectivity index (χ3n) is 3.82. The molecule has 2 aliphatic rings. The molecule has 0 bridgehead atoms.